The highest BCUT2D eigenvalue weighted by molar-refractivity contribution is 5.92. The molecule has 30 heavy (non-hydrogen) atoms. The number of aliphatic hydroxyl groups is 1. The minimum Gasteiger partial charge on any atom is -0.459 e. The number of epoxide rings is 1. The highest BCUT2D eigenvalue weighted by Gasteiger charge is 2.52. The maximum atomic E-state index is 12.4. The summed E-state index contributed by atoms with van der Waals surface area (Å²) in [6, 6.07) is 0. The number of rotatable bonds is 9. The molecule has 0 aromatic rings. The van der Waals surface area contributed by atoms with Crippen LogP contribution in [0.2, 0.25) is 0 Å². The first-order chi connectivity index (χ1) is 14.3. The second kappa shape index (κ2) is 8.35. The predicted molar refractivity (Wildman–Crippen MR) is 103 cm³/mol. The van der Waals surface area contributed by atoms with Gasteiger partial charge in [0, 0.05) is 16.7 Å². The van der Waals surface area contributed by atoms with Crippen molar-refractivity contribution in [2.24, 2.45) is 23.7 Å². The van der Waals surface area contributed by atoms with Gasteiger partial charge in [0.05, 0.1) is 6.61 Å². The molecule has 1 saturated heterocycles. The first-order valence-electron chi connectivity index (χ1n) is 10.2. The lowest BCUT2D eigenvalue weighted by Crippen LogP contribution is -2.26. The molecular formula is C22H26O8. The summed E-state index contributed by atoms with van der Waals surface area (Å²) in [7, 11) is 0. The zero-order valence-electron chi connectivity index (χ0n) is 16.9. The standard InChI is InChI=1S/C22H26O8/c1-11(2)20(24)28-7-14(23)8-29-21(25)13-5-16-12-3-18(17(16)6-13)19(4-12)22(26)30-10-15-9-27-15/h4-5,12,14-18,23H,1,3,6-10H2,2H3. The third kappa shape index (κ3) is 4.34. The average molecular weight is 418 g/mol. The number of esters is 3. The summed E-state index contributed by atoms with van der Waals surface area (Å²) in [5.41, 5.74) is 1.52. The third-order valence-corrected chi connectivity index (χ3v) is 6.14. The average Bonchev–Trinajstić information content (AvgIpc) is 3.14. The van der Waals surface area contributed by atoms with Gasteiger partial charge in [0.25, 0.3) is 0 Å². The van der Waals surface area contributed by atoms with Crippen LogP contribution in [0, 0.1) is 23.7 Å². The number of aliphatic hydroxyl groups excluding tert-OH is 1. The lowest BCUT2D eigenvalue weighted by atomic mass is 9.81. The second-order valence-electron chi connectivity index (χ2n) is 8.45. The topological polar surface area (TPSA) is 112 Å². The molecule has 162 valence electrons. The Bertz CT molecular complexity index is 821. The summed E-state index contributed by atoms with van der Waals surface area (Å²) in [5, 5.41) is 9.84. The fourth-order valence-corrected chi connectivity index (χ4v) is 4.58. The van der Waals surface area contributed by atoms with Crippen LogP contribution in [0.5, 0.6) is 0 Å². The Morgan fingerprint density at radius 1 is 1.20 bits per heavy atom. The molecule has 8 nitrogen and oxygen atoms in total. The van der Waals surface area contributed by atoms with E-state index in [1.165, 1.54) is 6.92 Å². The number of ether oxygens (including phenoxy) is 4. The number of hydrogen-bond acceptors (Lipinski definition) is 8. The summed E-state index contributed by atoms with van der Waals surface area (Å²) in [6.45, 7) is 5.36. The molecule has 6 unspecified atom stereocenters. The van der Waals surface area contributed by atoms with Gasteiger partial charge in [-0.3, -0.25) is 0 Å². The van der Waals surface area contributed by atoms with Crippen LogP contribution in [-0.4, -0.2) is 61.6 Å². The molecule has 0 radical (unpaired) electrons. The maximum Gasteiger partial charge on any atom is 0.334 e. The highest BCUT2D eigenvalue weighted by Crippen LogP contribution is 2.57. The van der Waals surface area contributed by atoms with Crippen LogP contribution in [0.1, 0.15) is 19.8 Å². The summed E-state index contributed by atoms with van der Waals surface area (Å²) >= 11 is 0. The number of carbonyl (C=O) groups is 3. The van der Waals surface area contributed by atoms with Crippen molar-refractivity contribution < 1.29 is 38.4 Å². The molecular weight excluding hydrogens is 392 g/mol. The molecule has 2 fully saturated rings. The maximum absolute atomic E-state index is 12.4. The minimum absolute atomic E-state index is 0.0371. The van der Waals surface area contributed by atoms with E-state index in [4.69, 9.17) is 18.9 Å². The van der Waals surface area contributed by atoms with E-state index in [1.54, 1.807) is 0 Å². The number of allylic oxidation sites excluding steroid dienone is 2. The molecule has 1 aliphatic heterocycles. The Morgan fingerprint density at radius 3 is 2.63 bits per heavy atom. The lowest BCUT2D eigenvalue weighted by molar-refractivity contribution is -0.147. The van der Waals surface area contributed by atoms with Gasteiger partial charge in [-0.1, -0.05) is 18.7 Å². The largest absolute Gasteiger partial charge is 0.459 e. The Kier molecular flexibility index (Phi) is 5.79. The number of fused-ring (bicyclic) bond motifs is 5. The Balaban J connectivity index is 1.24. The predicted octanol–water partition coefficient (Wildman–Crippen LogP) is 1.09. The monoisotopic (exact) mass is 418 g/mol. The summed E-state index contributed by atoms with van der Waals surface area (Å²) < 4.78 is 20.4. The van der Waals surface area contributed by atoms with Crippen molar-refractivity contribution in [3.05, 3.63) is 35.5 Å². The Hall–Kier alpha value is -2.45. The van der Waals surface area contributed by atoms with Crippen LogP contribution in [0.25, 0.3) is 0 Å². The van der Waals surface area contributed by atoms with E-state index in [0.717, 1.165) is 12.0 Å². The molecule has 8 heteroatoms. The summed E-state index contributed by atoms with van der Waals surface area (Å²) in [4.78, 5) is 36.1. The van der Waals surface area contributed by atoms with Crippen molar-refractivity contribution in [3.8, 4) is 0 Å². The van der Waals surface area contributed by atoms with Crippen molar-refractivity contribution in [1.29, 1.82) is 0 Å². The van der Waals surface area contributed by atoms with E-state index in [-0.39, 0.29) is 54.5 Å². The molecule has 4 aliphatic rings. The van der Waals surface area contributed by atoms with Gasteiger partial charge in [-0.05, 0) is 43.4 Å². The normalized spacial score (nSPS) is 31.3. The van der Waals surface area contributed by atoms with Gasteiger partial charge in [0.1, 0.15) is 32.0 Å². The van der Waals surface area contributed by atoms with Gasteiger partial charge < -0.3 is 24.1 Å². The van der Waals surface area contributed by atoms with Crippen molar-refractivity contribution in [2.45, 2.75) is 32.0 Å². The molecule has 3 aliphatic carbocycles. The van der Waals surface area contributed by atoms with Crippen molar-refractivity contribution >= 4 is 17.9 Å². The van der Waals surface area contributed by atoms with E-state index in [1.807, 2.05) is 12.2 Å². The highest BCUT2D eigenvalue weighted by atomic mass is 16.6. The van der Waals surface area contributed by atoms with Gasteiger partial charge in [-0.15, -0.1) is 0 Å². The second-order valence-corrected chi connectivity index (χ2v) is 8.45. The van der Waals surface area contributed by atoms with Crippen LogP contribution in [0.3, 0.4) is 0 Å². The molecule has 4 rings (SSSR count). The van der Waals surface area contributed by atoms with E-state index in [0.29, 0.717) is 25.2 Å². The molecule has 2 bridgehead atoms. The van der Waals surface area contributed by atoms with Crippen LogP contribution in [0.4, 0.5) is 0 Å². The van der Waals surface area contributed by atoms with Gasteiger partial charge >= 0.3 is 17.9 Å². The fourth-order valence-electron chi connectivity index (χ4n) is 4.58. The first kappa shape index (κ1) is 20.8. The molecule has 0 spiro atoms. The van der Waals surface area contributed by atoms with Crippen LogP contribution < -0.4 is 0 Å². The summed E-state index contributed by atoms with van der Waals surface area (Å²) in [6.07, 6.45) is 4.32. The molecule has 0 amide bonds. The van der Waals surface area contributed by atoms with E-state index >= 15 is 0 Å². The van der Waals surface area contributed by atoms with E-state index < -0.39 is 18.0 Å². The Labute approximate surface area is 174 Å². The van der Waals surface area contributed by atoms with Gasteiger partial charge in [-0.2, -0.15) is 0 Å². The zero-order chi connectivity index (χ0) is 21.4. The first-order valence-corrected chi connectivity index (χ1v) is 10.2. The molecule has 1 heterocycles. The minimum atomic E-state index is -1.10. The zero-order valence-corrected chi connectivity index (χ0v) is 16.9. The molecule has 1 saturated carbocycles. The number of carbonyl (C=O) groups excluding carboxylic acids is 3. The lowest BCUT2D eigenvalue weighted by Gasteiger charge is -2.24. The van der Waals surface area contributed by atoms with Gasteiger partial charge in [0.2, 0.25) is 0 Å². The van der Waals surface area contributed by atoms with Crippen molar-refractivity contribution in [1.82, 2.24) is 0 Å². The van der Waals surface area contributed by atoms with Crippen molar-refractivity contribution in [3.63, 3.8) is 0 Å². The molecule has 0 aromatic carbocycles. The molecule has 6 atom stereocenters. The SMILES string of the molecule is C=C(C)C(=O)OCC(O)COC(=O)C1=CC2C3C=C(C(=O)OCC4CO4)C(C3)C2C1. The fraction of sp³-hybridized carbons (Fsp3) is 0.591. The van der Waals surface area contributed by atoms with Crippen LogP contribution >= 0.6 is 0 Å². The van der Waals surface area contributed by atoms with E-state index in [9.17, 15) is 19.5 Å². The van der Waals surface area contributed by atoms with Crippen LogP contribution in [0.15, 0.2) is 35.5 Å². The van der Waals surface area contributed by atoms with Crippen molar-refractivity contribution in [2.75, 3.05) is 26.4 Å². The molecule has 0 aromatic heterocycles. The Morgan fingerprint density at radius 2 is 1.93 bits per heavy atom. The van der Waals surface area contributed by atoms with E-state index in [2.05, 4.69) is 6.58 Å². The smallest absolute Gasteiger partial charge is 0.334 e. The third-order valence-electron chi connectivity index (χ3n) is 6.14. The number of hydrogen-bond donors (Lipinski definition) is 1. The molecule has 1 N–H and O–H groups in total. The van der Waals surface area contributed by atoms with Crippen LogP contribution in [-0.2, 0) is 33.3 Å². The van der Waals surface area contributed by atoms with Gasteiger partial charge in [-0.25, -0.2) is 14.4 Å². The summed E-state index contributed by atoms with van der Waals surface area (Å²) in [5.74, 6) is -0.609. The van der Waals surface area contributed by atoms with Gasteiger partial charge in [0.15, 0.2) is 0 Å². The quantitative estimate of drug-likeness (QED) is 0.256.